The Morgan fingerprint density at radius 2 is 1.39 bits per heavy atom. The lowest BCUT2D eigenvalue weighted by molar-refractivity contribution is 0.122. The average molecular weight is 590 g/mol. The molecule has 1 unspecified atom stereocenters. The van der Waals surface area contributed by atoms with Gasteiger partial charge in [-0.2, -0.15) is 0 Å². The van der Waals surface area contributed by atoms with Gasteiger partial charge in [0.2, 0.25) is 0 Å². The molecule has 0 radical (unpaired) electrons. The number of morpholine rings is 1. The molecule has 8 rings (SSSR count). The van der Waals surface area contributed by atoms with Crippen molar-refractivity contribution in [2.45, 2.75) is 24.9 Å². The third-order valence-electron chi connectivity index (χ3n) is 9.47. The summed E-state index contributed by atoms with van der Waals surface area (Å²) < 4.78 is 57.0. The predicted octanol–water partition coefficient (Wildman–Crippen LogP) is 8.75. The second-order valence-electron chi connectivity index (χ2n) is 12.3. The summed E-state index contributed by atoms with van der Waals surface area (Å²) in [5, 5.41) is 1.71. The van der Waals surface area contributed by atoms with E-state index in [2.05, 4.69) is 29.2 Å². The fourth-order valence-corrected chi connectivity index (χ4v) is 7.47. The van der Waals surface area contributed by atoms with Crippen molar-refractivity contribution >= 4 is 22.5 Å². The van der Waals surface area contributed by atoms with E-state index in [9.17, 15) is 8.78 Å². The van der Waals surface area contributed by atoms with Gasteiger partial charge in [0.05, 0.1) is 13.2 Å². The van der Waals surface area contributed by atoms with Crippen LogP contribution in [-0.4, -0.2) is 26.3 Å². The lowest BCUT2D eigenvalue weighted by atomic mass is 9.76. The highest BCUT2D eigenvalue weighted by molar-refractivity contribution is 6.08. The number of hydrogen-bond donors (Lipinski definition) is 0. The average Bonchev–Trinajstić information content (AvgIpc) is 3.28. The molecule has 0 amide bonds. The summed E-state index contributed by atoms with van der Waals surface area (Å²) in [6.07, 6.45) is 4.06. The van der Waals surface area contributed by atoms with Crippen LogP contribution in [0.3, 0.4) is 0 Å². The van der Waals surface area contributed by atoms with Crippen molar-refractivity contribution < 1.29 is 22.6 Å². The molecular weight excluding hydrogens is 559 g/mol. The zero-order valence-electron chi connectivity index (χ0n) is 24.5. The van der Waals surface area contributed by atoms with Gasteiger partial charge in [0.1, 0.15) is 23.2 Å². The number of halogens is 3. The number of ether oxygens (including phenoxy) is 2. The molecule has 3 nitrogen and oxygen atoms in total. The Bertz CT molecular complexity index is 1980. The summed E-state index contributed by atoms with van der Waals surface area (Å²) in [5.74, 6) is -0.830. The van der Waals surface area contributed by atoms with Gasteiger partial charge >= 0.3 is 0 Å². The summed E-state index contributed by atoms with van der Waals surface area (Å²) >= 11 is 0. The van der Waals surface area contributed by atoms with Crippen LogP contribution in [0, 0.1) is 17.5 Å². The Labute approximate surface area is 254 Å². The first kappa shape index (κ1) is 27.0. The molecular formula is C38H30F3NO2. The van der Waals surface area contributed by atoms with E-state index in [0.717, 1.165) is 63.4 Å². The smallest absolute Gasteiger partial charge is 0.178 e. The highest BCUT2D eigenvalue weighted by Gasteiger charge is 2.45. The molecule has 6 heteroatoms. The lowest BCUT2D eigenvalue weighted by Gasteiger charge is -2.38. The predicted molar refractivity (Wildman–Crippen MR) is 168 cm³/mol. The minimum absolute atomic E-state index is 0.330. The molecule has 5 aromatic rings. The first-order valence-corrected chi connectivity index (χ1v) is 14.9. The van der Waals surface area contributed by atoms with Gasteiger partial charge in [-0.05, 0) is 58.5 Å². The second-order valence-corrected chi connectivity index (χ2v) is 12.3. The molecule has 2 aliphatic heterocycles. The molecule has 0 aromatic heterocycles. The van der Waals surface area contributed by atoms with Crippen molar-refractivity contribution in [1.29, 1.82) is 0 Å². The van der Waals surface area contributed by atoms with Gasteiger partial charge in [0, 0.05) is 57.9 Å². The van der Waals surface area contributed by atoms with Crippen molar-refractivity contribution in [3.05, 3.63) is 136 Å². The molecule has 1 aliphatic carbocycles. The monoisotopic (exact) mass is 589 g/mol. The van der Waals surface area contributed by atoms with Gasteiger partial charge in [-0.3, -0.25) is 0 Å². The molecule has 44 heavy (non-hydrogen) atoms. The Kier molecular flexibility index (Phi) is 5.98. The maximum absolute atomic E-state index is 15.5. The van der Waals surface area contributed by atoms with Crippen molar-refractivity contribution in [3.63, 3.8) is 0 Å². The number of anilines is 1. The number of nitrogens with zero attached hydrogens (tertiary/aromatic N) is 1. The molecule has 0 N–H and O–H groups in total. The maximum Gasteiger partial charge on any atom is 0.178 e. The van der Waals surface area contributed by atoms with Gasteiger partial charge in [0.15, 0.2) is 5.60 Å². The highest BCUT2D eigenvalue weighted by Crippen LogP contribution is 2.58. The molecule has 1 fully saturated rings. The molecule has 0 bridgehead atoms. The van der Waals surface area contributed by atoms with E-state index in [4.69, 9.17) is 9.47 Å². The third kappa shape index (κ3) is 3.87. The molecule has 5 aromatic carbocycles. The van der Waals surface area contributed by atoms with Crippen LogP contribution in [0.15, 0.2) is 91.0 Å². The van der Waals surface area contributed by atoms with Crippen molar-refractivity contribution in [2.24, 2.45) is 0 Å². The van der Waals surface area contributed by atoms with Crippen molar-refractivity contribution in [1.82, 2.24) is 0 Å². The molecule has 0 spiro atoms. The number of rotatable bonds is 3. The third-order valence-corrected chi connectivity index (χ3v) is 9.47. The molecule has 220 valence electrons. The molecule has 3 aliphatic rings. The van der Waals surface area contributed by atoms with Gasteiger partial charge in [0.25, 0.3) is 0 Å². The minimum atomic E-state index is -1.06. The highest BCUT2D eigenvalue weighted by atomic mass is 19.1. The summed E-state index contributed by atoms with van der Waals surface area (Å²) in [7, 11) is 0. The summed E-state index contributed by atoms with van der Waals surface area (Å²) in [6.45, 7) is 7.00. The SMILES string of the molecule is CC1(C)c2c(F)cc(F)cc2-c2c1c1c(c3ccccc23)OC(c2ccc(F)cc2)(c2ccc(N3CCOCC3)cc2)C=C1. The van der Waals surface area contributed by atoms with E-state index >= 15 is 4.39 Å². The summed E-state index contributed by atoms with van der Waals surface area (Å²) in [4.78, 5) is 2.29. The van der Waals surface area contributed by atoms with Gasteiger partial charge in [-0.25, -0.2) is 13.2 Å². The van der Waals surface area contributed by atoms with E-state index in [1.54, 1.807) is 12.1 Å². The summed E-state index contributed by atoms with van der Waals surface area (Å²) in [6, 6.07) is 25.0. The van der Waals surface area contributed by atoms with Gasteiger partial charge in [-0.15, -0.1) is 0 Å². The quantitative estimate of drug-likeness (QED) is 0.210. The van der Waals surface area contributed by atoms with E-state index in [1.807, 2.05) is 50.3 Å². The van der Waals surface area contributed by atoms with Crippen LogP contribution in [0.5, 0.6) is 5.75 Å². The Hall–Kier alpha value is -4.55. The zero-order chi connectivity index (χ0) is 30.2. The number of benzene rings is 5. The van der Waals surface area contributed by atoms with Crippen molar-refractivity contribution in [3.8, 4) is 16.9 Å². The van der Waals surface area contributed by atoms with Crippen LogP contribution in [0.4, 0.5) is 18.9 Å². The van der Waals surface area contributed by atoms with E-state index in [0.29, 0.717) is 30.1 Å². The Morgan fingerprint density at radius 3 is 2.09 bits per heavy atom. The Morgan fingerprint density at radius 1 is 0.727 bits per heavy atom. The van der Waals surface area contributed by atoms with Gasteiger partial charge < -0.3 is 14.4 Å². The van der Waals surface area contributed by atoms with Crippen LogP contribution < -0.4 is 9.64 Å². The van der Waals surface area contributed by atoms with Crippen LogP contribution in [0.25, 0.3) is 28.0 Å². The Balaban J connectivity index is 1.36. The molecule has 2 heterocycles. The van der Waals surface area contributed by atoms with Crippen LogP contribution in [0.1, 0.15) is 41.7 Å². The molecule has 1 atom stereocenters. The number of hydrogen-bond acceptors (Lipinski definition) is 3. The van der Waals surface area contributed by atoms with Crippen LogP contribution >= 0.6 is 0 Å². The maximum atomic E-state index is 15.5. The van der Waals surface area contributed by atoms with Crippen LogP contribution in [-0.2, 0) is 15.8 Å². The molecule has 1 saturated heterocycles. The fourth-order valence-electron chi connectivity index (χ4n) is 7.47. The standard InChI is InChI=1S/C38H30F3NO2/c1-37(2)34-31(21-26(40)22-32(34)41)33-28-5-3-4-6-29(28)36-30(35(33)37)15-16-38(44-36,23-7-11-25(39)12-8-23)24-9-13-27(14-10-24)42-17-19-43-20-18-42/h3-16,21-22H,17-20H2,1-2H3. The fraction of sp³-hybridized carbons (Fsp3) is 0.211. The van der Waals surface area contributed by atoms with Gasteiger partial charge in [-0.1, -0.05) is 68.5 Å². The minimum Gasteiger partial charge on any atom is -0.472 e. The van der Waals surface area contributed by atoms with Crippen LogP contribution in [0.2, 0.25) is 0 Å². The normalized spacial score (nSPS) is 19.8. The van der Waals surface area contributed by atoms with Crippen molar-refractivity contribution in [2.75, 3.05) is 31.2 Å². The largest absolute Gasteiger partial charge is 0.472 e. The van der Waals surface area contributed by atoms with E-state index in [1.165, 1.54) is 18.2 Å². The van der Waals surface area contributed by atoms with E-state index in [-0.39, 0.29) is 5.82 Å². The second kappa shape index (κ2) is 9.73. The van der Waals surface area contributed by atoms with E-state index < -0.39 is 22.7 Å². The first-order valence-electron chi connectivity index (χ1n) is 14.9. The zero-order valence-corrected chi connectivity index (χ0v) is 24.5. The molecule has 0 saturated carbocycles. The number of fused-ring (bicyclic) bond motifs is 8. The topological polar surface area (TPSA) is 21.7 Å². The first-order chi connectivity index (χ1) is 21.3. The lowest BCUT2D eigenvalue weighted by Crippen LogP contribution is -2.37. The summed E-state index contributed by atoms with van der Waals surface area (Å²) in [5.41, 5.74) is 4.58.